The molecule has 6 heteroatoms. The Labute approximate surface area is 120 Å². The molecule has 1 aromatic carbocycles. The molecule has 18 heavy (non-hydrogen) atoms. The van der Waals surface area contributed by atoms with Gasteiger partial charge in [0.2, 0.25) is 0 Å². The standard InChI is InChI=1S/C12H12ClN3S2/c1-17-9-6-4-3-5-8(9)14-11-7-10(13)15-12(16-11)18-2/h3-7H,1-2H3,(H,14,15,16). The molecule has 0 aliphatic heterocycles. The monoisotopic (exact) mass is 297 g/mol. The van der Waals surface area contributed by atoms with Crippen molar-refractivity contribution in [3.63, 3.8) is 0 Å². The first kappa shape index (κ1) is 13.5. The van der Waals surface area contributed by atoms with Crippen LogP contribution in [0.4, 0.5) is 11.5 Å². The number of hydrogen-bond donors (Lipinski definition) is 1. The minimum absolute atomic E-state index is 0.443. The van der Waals surface area contributed by atoms with Gasteiger partial charge in [0, 0.05) is 11.0 Å². The lowest BCUT2D eigenvalue weighted by molar-refractivity contribution is 0.975. The van der Waals surface area contributed by atoms with Gasteiger partial charge in [-0.05, 0) is 24.6 Å². The SMILES string of the molecule is CSc1nc(Cl)cc(Nc2ccccc2SC)n1. The number of para-hydroxylation sites is 1. The van der Waals surface area contributed by atoms with Crippen LogP contribution in [0.25, 0.3) is 0 Å². The van der Waals surface area contributed by atoms with E-state index in [4.69, 9.17) is 11.6 Å². The van der Waals surface area contributed by atoms with Crippen molar-refractivity contribution in [2.45, 2.75) is 10.1 Å². The van der Waals surface area contributed by atoms with Crippen molar-refractivity contribution in [2.75, 3.05) is 17.8 Å². The van der Waals surface area contributed by atoms with Crippen LogP contribution < -0.4 is 5.32 Å². The Hall–Kier alpha value is -0.910. The van der Waals surface area contributed by atoms with Crippen molar-refractivity contribution >= 4 is 46.6 Å². The Morgan fingerprint density at radius 1 is 1.11 bits per heavy atom. The van der Waals surface area contributed by atoms with E-state index in [1.54, 1.807) is 17.8 Å². The lowest BCUT2D eigenvalue weighted by atomic mass is 10.3. The highest BCUT2D eigenvalue weighted by molar-refractivity contribution is 7.98. The zero-order chi connectivity index (χ0) is 13.0. The predicted octanol–water partition coefficient (Wildman–Crippen LogP) is 4.32. The van der Waals surface area contributed by atoms with Gasteiger partial charge in [-0.25, -0.2) is 9.97 Å². The maximum absolute atomic E-state index is 5.96. The van der Waals surface area contributed by atoms with Crippen LogP contribution in [-0.2, 0) is 0 Å². The van der Waals surface area contributed by atoms with Gasteiger partial charge in [-0.1, -0.05) is 35.5 Å². The first-order valence-corrected chi connectivity index (χ1v) is 8.04. The minimum Gasteiger partial charge on any atom is -0.339 e. The molecule has 0 atom stereocenters. The molecular weight excluding hydrogens is 286 g/mol. The molecule has 2 aromatic rings. The Morgan fingerprint density at radius 2 is 1.89 bits per heavy atom. The molecule has 3 nitrogen and oxygen atoms in total. The van der Waals surface area contributed by atoms with Crippen LogP contribution in [0.1, 0.15) is 0 Å². The van der Waals surface area contributed by atoms with Crippen molar-refractivity contribution in [3.05, 3.63) is 35.5 Å². The minimum atomic E-state index is 0.443. The molecule has 0 aliphatic carbocycles. The van der Waals surface area contributed by atoms with E-state index in [1.807, 2.05) is 30.7 Å². The average Bonchev–Trinajstić information content (AvgIpc) is 2.38. The fraction of sp³-hybridized carbons (Fsp3) is 0.167. The van der Waals surface area contributed by atoms with Gasteiger partial charge in [0.25, 0.3) is 0 Å². The van der Waals surface area contributed by atoms with E-state index in [-0.39, 0.29) is 0 Å². The van der Waals surface area contributed by atoms with Gasteiger partial charge in [-0.15, -0.1) is 11.8 Å². The second-order valence-electron chi connectivity index (χ2n) is 3.39. The third-order valence-electron chi connectivity index (χ3n) is 2.23. The summed E-state index contributed by atoms with van der Waals surface area (Å²) < 4.78 is 0. The van der Waals surface area contributed by atoms with Crippen molar-refractivity contribution < 1.29 is 0 Å². The molecule has 0 radical (unpaired) electrons. The van der Waals surface area contributed by atoms with Gasteiger partial charge in [-0.3, -0.25) is 0 Å². The van der Waals surface area contributed by atoms with E-state index in [1.165, 1.54) is 11.8 Å². The zero-order valence-corrected chi connectivity index (χ0v) is 12.4. The van der Waals surface area contributed by atoms with Crippen LogP contribution in [0.3, 0.4) is 0 Å². The van der Waals surface area contributed by atoms with Crippen molar-refractivity contribution in [2.24, 2.45) is 0 Å². The van der Waals surface area contributed by atoms with Gasteiger partial charge in [-0.2, -0.15) is 0 Å². The molecule has 0 saturated heterocycles. The van der Waals surface area contributed by atoms with Crippen LogP contribution in [0, 0.1) is 0 Å². The predicted molar refractivity (Wildman–Crippen MR) is 80.3 cm³/mol. The van der Waals surface area contributed by atoms with Crippen LogP contribution in [0.2, 0.25) is 5.15 Å². The number of halogens is 1. The maximum atomic E-state index is 5.96. The fourth-order valence-electron chi connectivity index (χ4n) is 1.44. The molecule has 0 bridgehead atoms. The molecule has 94 valence electrons. The van der Waals surface area contributed by atoms with Crippen molar-refractivity contribution in [3.8, 4) is 0 Å². The number of nitrogens with one attached hydrogen (secondary N) is 1. The highest BCUT2D eigenvalue weighted by Crippen LogP contribution is 2.28. The summed E-state index contributed by atoms with van der Waals surface area (Å²) in [7, 11) is 0. The lowest BCUT2D eigenvalue weighted by Gasteiger charge is -2.10. The molecule has 2 rings (SSSR count). The first-order chi connectivity index (χ1) is 8.72. The van der Waals surface area contributed by atoms with E-state index >= 15 is 0 Å². The van der Waals surface area contributed by atoms with Gasteiger partial charge >= 0.3 is 0 Å². The molecule has 0 amide bonds. The Bertz CT molecular complexity index is 549. The second kappa shape index (κ2) is 6.31. The summed E-state index contributed by atoms with van der Waals surface area (Å²) in [5, 5.41) is 4.37. The number of hydrogen-bond acceptors (Lipinski definition) is 5. The second-order valence-corrected chi connectivity index (χ2v) is 5.40. The summed E-state index contributed by atoms with van der Waals surface area (Å²) in [4.78, 5) is 9.64. The third-order valence-corrected chi connectivity index (χ3v) is 3.76. The van der Waals surface area contributed by atoms with Crippen LogP contribution in [-0.4, -0.2) is 22.5 Å². The molecule has 1 aromatic heterocycles. The van der Waals surface area contributed by atoms with Gasteiger partial charge in [0.15, 0.2) is 5.16 Å². The molecule has 0 spiro atoms. The van der Waals surface area contributed by atoms with Crippen LogP contribution >= 0.6 is 35.1 Å². The maximum Gasteiger partial charge on any atom is 0.190 e. The average molecular weight is 298 g/mol. The highest BCUT2D eigenvalue weighted by Gasteiger charge is 2.05. The number of benzene rings is 1. The number of anilines is 2. The molecule has 0 saturated carbocycles. The lowest BCUT2D eigenvalue weighted by Crippen LogP contribution is -1.97. The largest absolute Gasteiger partial charge is 0.339 e. The van der Waals surface area contributed by atoms with Crippen molar-refractivity contribution in [1.82, 2.24) is 9.97 Å². The van der Waals surface area contributed by atoms with Crippen LogP contribution in [0.5, 0.6) is 0 Å². The van der Waals surface area contributed by atoms with E-state index in [0.717, 1.165) is 10.6 Å². The number of thioether (sulfide) groups is 2. The number of rotatable bonds is 4. The Balaban J connectivity index is 2.30. The summed E-state index contributed by atoms with van der Waals surface area (Å²) in [5.74, 6) is 0.709. The molecule has 1 heterocycles. The van der Waals surface area contributed by atoms with Gasteiger partial charge in [0.05, 0.1) is 5.69 Å². The highest BCUT2D eigenvalue weighted by atomic mass is 35.5. The van der Waals surface area contributed by atoms with E-state index < -0.39 is 0 Å². The molecule has 0 aliphatic rings. The summed E-state index contributed by atoms with van der Waals surface area (Å²) in [5.41, 5.74) is 1.02. The quantitative estimate of drug-likeness (QED) is 0.517. The normalized spacial score (nSPS) is 10.4. The number of aromatic nitrogens is 2. The summed E-state index contributed by atoms with van der Waals surface area (Å²) in [6.45, 7) is 0. The number of nitrogens with zero attached hydrogens (tertiary/aromatic N) is 2. The summed E-state index contributed by atoms with van der Waals surface area (Å²) in [6, 6.07) is 9.79. The third kappa shape index (κ3) is 3.31. The van der Waals surface area contributed by atoms with Gasteiger partial charge in [0.1, 0.15) is 11.0 Å². The molecule has 0 fully saturated rings. The topological polar surface area (TPSA) is 37.8 Å². The Kier molecular flexibility index (Phi) is 4.74. The van der Waals surface area contributed by atoms with E-state index in [9.17, 15) is 0 Å². The summed E-state index contributed by atoms with van der Waals surface area (Å²) >= 11 is 9.11. The summed E-state index contributed by atoms with van der Waals surface area (Å²) in [6.07, 6.45) is 3.96. The van der Waals surface area contributed by atoms with Gasteiger partial charge < -0.3 is 5.32 Å². The zero-order valence-electron chi connectivity index (χ0n) is 9.98. The van der Waals surface area contributed by atoms with Crippen LogP contribution in [0.15, 0.2) is 40.4 Å². The van der Waals surface area contributed by atoms with E-state index in [2.05, 4.69) is 21.4 Å². The molecule has 0 unspecified atom stereocenters. The molecule has 1 N–H and O–H groups in total. The Morgan fingerprint density at radius 3 is 2.61 bits per heavy atom. The van der Waals surface area contributed by atoms with Crippen molar-refractivity contribution in [1.29, 1.82) is 0 Å². The smallest absolute Gasteiger partial charge is 0.190 e. The van der Waals surface area contributed by atoms with E-state index in [0.29, 0.717) is 16.1 Å². The fourth-order valence-corrected chi connectivity index (χ4v) is 2.60. The first-order valence-electron chi connectivity index (χ1n) is 5.21. The molecular formula is C12H12ClN3S2.